The van der Waals surface area contributed by atoms with E-state index in [1.54, 1.807) is 11.3 Å². The summed E-state index contributed by atoms with van der Waals surface area (Å²) in [5.74, 6) is 0.612. The standard InChI is InChI=1S/C11H17NOS/c1-8-4-7-14-11(8)10(12)9-2-5-13-6-3-9/h4,7,9-10H,2-3,5-6,12H2,1H3/t10-/m0/s1. The van der Waals surface area contributed by atoms with Crippen molar-refractivity contribution < 1.29 is 4.74 Å². The first-order valence-electron chi connectivity index (χ1n) is 5.16. The second-order valence-electron chi connectivity index (χ2n) is 3.94. The smallest absolute Gasteiger partial charge is 0.0469 e. The number of aryl methyl sites for hydroxylation is 1. The van der Waals surface area contributed by atoms with E-state index < -0.39 is 0 Å². The van der Waals surface area contributed by atoms with Crippen molar-refractivity contribution >= 4 is 11.3 Å². The fraction of sp³-hybridized carbons (Fsp3) is 0.636. The van der Waals surface area contributed by atoms with Gasteiger partial charge in [0.25, 0.3) is 0 Å². The van der Waals surface area contributed by atoms with Gasteiger partial charge in [-0.25, -0.2) is 0 Å². The highest BCUT2D eigenvalue weighted by molar-refractivity contribution is 7.10. The van der Waals surface area contributed by atoms with Gasteiger partial charge < -0.3 is 10.5 Å². The molecular weight excluding hydrogens is 194 g/mol. The number of hydrogen-bond donors (Lipinski definition) is 1. The van der Waals surface area contributed by atoms with Crippen LogP contribution in [0.5, 0.6) is 0 Å². The third-order valence-corrected chi connectivity index (χ3v) is 4.10. The topological polar surface area (TPSA) is 35.2 Å². The second-order valence-corrected chi connectivity index (χ2v) is 4.89. The maximum Gasteiger partial charge on any atom is 0.0469 e. The third kappa shape index (κ3) is 2.00. The fourth-order valence-electron chi connectivity index (χ4n) is 2.01. The van der Waals surface area contributed by atoms with Crippen molar-refractivity contribution in [3.63, 3.8) is 0 Å². The van der Waals surface area contributed by atoms with E-state index in [1.165, 1.54) is 10.4 Å². The molecule has 0 unspecified atom stereocenters. The molecule has 0 spiro atoms. The number of thiophene rings is 1. The van der Waals surface area contributed by atoms with Crippen LogP contribution >= 0.6 is 11.3 Å². The SMILES string of the molecule is Cc1ccsc1[C@@H](N)C1CCOCC1. The Balaban J connectivity index is 2.07. The van der Waals surface area contributed by atoms with Gasteiger partial charge in [-0.2, -0.15) is 0 Å². The molecule has 1 aromatic rings. The number of ether oxygens (including phenoxy) is 1. The molecule has 2 N–H and O–H groups in total. The Kier molecular flexibility index (Phi) is 3.21. The van der Waals surface area contributed by atoms with Crippen molar-refractivity contribution in [1.82, 2.24) is 0 Å². The summed E-state index contributed by atoms with van der Waals surface area (Å²) in [5, 5.41) is 2.13. The van der Waals surface area contributed by atoms with Crippen molar-refractivity contribution in [2.45, 2.75) is 25.8 Å². The van der Waals surface area contributed by atoms with Gasteiger partial charge in [-0.1, -0.05) is 0 Å². The Bertz CT molecular complexity index is 291. The molecule has 0 bridgehead atoms. The summed E-state index contributed by atoms with van der Waals surface area (Å²) in [7, 11) is 0. The minimum atomic E-state index is 0.221. The van der Waals surface area contributed by atoms with E-state index in [4.69, 9.17) is 10.5 Å². The molecule has 2 nitrogen and oxygen atoms in total. The van der Waals surface area contributed by atoms with E-state index in [1.807, 2.05) is 0 Å². The molecule has 1 atom stereocenters. The van der Waals surface area contributed by atoms with Crippen LogP contribution in [0, 0.1) is 12.8 Å². The van der Waals surface area contributed by atoms with Crippen LogP contribution in [0.25, 0.3) is 0 Å². The molecule has 1 fully saturated rings. The van der Waals surface area contributed by atoms with Crippen molar-refractivity contribution in [2.24, 2.45) is 11.7 Å². The van der Waals surface area contributed by atoms with Crippen LogP contribution in [0.4, 0.5) is 0 Å². The normalized spacial score (nSPS) is 21.0. The average Bonchev–Trinajstić information content (AvgIpc) is 2.65. The van der Waals surface area contributed by atoms with E-state index in [2.05, 4.69) is 18.4 Å². The number of rotatable bonds is 2. The van der Waals surface area contributed by atoms with Crippen LogP contribution in [-0.4, -0.2) is 13.2 Å². The van der Waals surface area contributed by atoms with Crippen LogP contribution < -0.4 is 5.73 Å². The molecule has 0 radical (unpaired) electrons. The number of nitrogens with two attached hydrogens (primary N) is 1. The first kappa shape index (κ1) is 10.1. The van der Waals surface area contributed by atoms with Crippen LogP contribution in [0.15, 0.2) is 11.4 Å². The molecule has 1 saturated heterocycles. The second kappa shape index (κ2) is 4.43. The van der Waals surface area contributed by atoms with Gasteiger partial charge in [-0.15, -0.1) is 11.3 Å². The van der Waals surface area contributed by atoms with Crippen molar-refractivity contribution in [3.8, 4) is 0 Å². The van der Waals surface area contributed by atoms with E-state index in [-0.39, 0.29) is 6.04 Å². The lowest BCUT2D eigenvalue weighted by Crippen LogP contribution is -2.27. The predicted octanol–water partition coefficient (Wildman–Crippen LogP) is 2.48. The molecule has 78 valence electrons. The van der Waals surface area contributed by atoms with Gasteiger partial charge >= 0.3 is 0 Å². The Morgan fingerprint density at radius 3 is 2.79 bits per heavy atom. The maximum absolute atomic E-state index is 6.27. The number of hydrogen-bond acceptors (Lipinski definition) is 3. The lowest BCUT2D eigenvalue weighted by molar-refractivity contribution is 0.0587. The zero-order valence-corrected chi connectivity index (χ0v) is 9.35. The van der Waals surface area contributed by atoms with Crippen molar-refractivity contribution in [3.05, 3.63) is 21.9 Å². The molecule has 2 heterocycles. The summed E-state index contributed by atoms with van der Waals surface area (Å²) in [4.78, 5) is 1.36. The first-order chi connectivity index (χ1) is 6.79. The average molecular weight is 211 g/mol. The highest BCUT2D eigenvalue weighted by Gasteiger charge is 2.23. The van der Waals surface area contributed by atoms with Gasteiger partial charge in [-0.3, -0.25) is 0 Å². The molecule has 0 aromatic carbocycles. The first-order valence-corrected chi connectivity index (χ1v) is 6.04. The van der Waals surface area contributed by atoms with Crippen molar-refractivity contribution in [1.29, 1.82) is 0 Å². The highest BCUT2D eigenvalue weighted by Crippen LogP contribution is 2.32. The zero-order chi connectivity index (χ0) is 9.97. The maximum atomic E-state index is 6.27. The quantitative estimate of drug-likeness (QED) is 0.815. The van der Waals surface area contributed by atoms with Gasteiger partial charge in [0, 0.05) is 24.1 Å². The third-order valence-electron chi connectivity index (χ3n) is 2.98. The minimum Gasteiger partial charge on any atom is -0.381 e. The molecule has 1 aliphatic rings. The Morgan fingerprint density at radius 1 is 1.50 bits per heavy atom. The molecule has 0 amide bonds. The van der Waals surface area contributed by atoms with E-state index >= 15 is 0 Å². The molecule has 1 aliphatic heterocycles. The van der Waals surface area contributed by atoms with Crippen LogP contribution in [0.3, 0.4) is 0 Å². The molecule has 0 saturated carbocycles. The summed E-state index contributed by atoms with van der Waals surface area (Å²) >= 11 is 1.79. The summed E-state index contributed by atoms with van der Waals surface area (Å²) in [6.45, 7) is 3.90. The van der Waals surface area contributed by atoms with Crippen LogP contribution in [-0.2, 0) is 4.74 Å². The van der Waals surface area contributed by atoms with Gasteiger partial charge in [0.1, 0.15) is 0 Å². The molecule has 3 heteroatoms. The van der Waals surface area contributed by atoms with Gasteiger partial charge in [-0.05, 0) is 42.7 Å². The highest BCUT2D eigenvalue weighted by atomic mass is 32.1. The van der Waals surface area contributed by atoms with Crippen molar-refractivity contribution in [2.75, 3.05) is 13.2 Å². The summed E-state index contributed by atoms with van der Waals surface area (Å²) in [6.07, 6.45) is 2.22. The van der Waals surface area contributed by atoms with E-state index in [9.17, 15) is 0 Å². The Labute approximate surface area is 89.1 Å². The predicted molar refractivity (Wildman–Crippen MR) is 59.5 cm³/mol. The zero-order valence-electron chi connectivity index (χ0n) is 8.53. The van der Waals surface area contributed by atoms with E-state index in [0.29, 0.717) is 5.92 Å². The largest absolute Gasteiger partial charge is 0.381 e. The van der Waals surface area contributed by atoms with Crippen LogP contribution in [0.2, 0.25) is 0 Å². The van der Waals surface area contributed by atoms with Gasteiger partial charge in [0.05, 0.1) is 0 Å². The molecule has 2 rings (SSSR count). The molecule has 1 aromatic heterocycles. The van der Waals surface area contributed by atoms with Gasteiger partial charge in [0.15, 0.2) is 0 Å². The summed E-state index contributed by atoms with van der Waals surface area (Å²) in [6, 6.07) is 2.37. The molecule has 0 aliphatic carbocycles. The lowest BCUT2D eigenvalue weighted by Gasteiger charge is -2.27. The van der Waals surface area contributed by atoms with E-state index in [0.717, 1.165) is 26.1 Å². The Morgan fingerprint density at radius 2 is 2.21 bits per heavy atom. The lowest BCUT2D eigenvalue weighted by atomic mass is 9.90. The molecule has 14 heavy (non-hydrogen) atoms. The summed E-state index contributed by atoms with van der Waals surface area (Å²) in [5.41, 5.74) is 7.61. The Hall–Kier alpha value is -0.380. The monoisotopic (exact) mass is 211 g/mol. The minimum absolute atomic E-state index is 0.221. The fourth-order valence-corrected chi connectivity index (χ4v) is 3.04. The van der Waals surface area contributed by atoms with Gasteiger partial charge in [0.2, 0.25) is 0 Å². The van der Waals surface area contributed by atoms with Crippen LogP contribution in [0.1, 0.15) is 29.3 Å². The molecular formula is C11H17NOS. The summed E-state index contributed by atoms with van der Waals surface area (Å²) < 4.78 is 5.35.